The van der Waals surface area contributed by atoms with Crippen molar-refractivity contribution >= 4 is 11.7 Å². The van der Waals surface area contributed by atoms with Gasteiger partial charge in [-0.25, -0.2) is 4.79 Å². The summed E-state index contributed by atoms with van der Waals surface area (Å²) in [6, 6.07) is 15.3. The number of carbonyl (C=O) groups is 1. The molecule has 0 saturated heterocycles. The molecule has 0 aliphatic heterocycles. The molecule has 1 heterocycles. The standard InChI is InChI=1S/C19H20N4O2/c1-23(13-14-6-4-3-5-7-14)19(24)22-17-9-8-15(10-18(17)25-2)16-11-20-21-12-16/h3-12H,13H2,1-2H3,(H,20,21)(H,22,24). The molecule has 2 N–H and O–H groups in total. The number of nitrogens with zero attached hydrogens (tertiary/aromatic N) is 2. The number of methoxy groups -OCH3 is 1. The van der Waals surface area contributed by atoms with Crippen molar-refractivity contribution in [1.82, 2.24) is 15.1 Å². The first-order chi connectivity index (χ1) is 12.2. The number of benzene rings is 2. The quantitative estimate of drug-likeness (QED) is 0.745. The number of urea groups is 1. The molecule has 0 atom stereocenters. The number of amides is 2. The summed E-state index contributed by atoms with van der Waals surface area (Å²) in [6.45, 7) is 0.530. The van der Waals surface area contributed by atoms with Gasteiger partial charge in [0.05, 0.1) is 19.0 Å². The van der Waals surface area contributed by atoms with Gasteiger partial charge in [-0.3, -0.25) is 5.10 Å². The third-order valence-corrected chi connectivity index (χ3v) is 3.88. The Hall–Kier alpha value is -3.28. The second-order valence-electron chi connectivity index (χ2n) is 5.67. The van der Waals surface area contributed by atoms with E-state index in [2.05, 4.69) is 15.5 Å². The van der Waals surface area contributed by atoms with Gasteiger partial charge in [-0.15, -0.1) is 0 Å². The molecule has 1 aromatic heterocycles. The number of carbonyl (C=O) groups excluding carboxylic acids is 1. The third kappa shape index (κ3) is 3.98. The Kier molecular flexibility index (Phi) is 4.99. The van der Waals surface area contributed by atoms with E-state index in [1.807, 2.05) is 48.5 Å². The van der Waals surface area contributed by atoms with Crippen LogP contribution in [0.5, 0.6) is 5.75 Å². The predicted octanol–water partition coefficient (Wildman–Crippen LogP) is 3.75. The predicted molar refractivity (Wildman–Crippen MR) is 97.5 cm³/mol. The second-order valence-corrected chi connectivity index (χ2v) is 5.67. The van der Waals surface area contributed by atoms with Crippen LogP contribution in [0.4, 0.5) is 10.5 Å². The second kappa shape index (κ2) is 7.53. The largest absolute Gasteiger partial charge is 0.495 e. The van der Waals surface area contributed by atoms with Crippen molar-refractivity contribution in [2.75, 3.05) is 19.5 Å². The number of nitrogens with one attached hydrogen (secondary N) is 2. The van der Waals surface area contributed by atoms with Crippen LogP contribution in [0.15, 0.2) is 60.9 Å². The minimum atomic E-state index is -0.196. The van der Waals surface area contributed by atoms with Crippen LogP contribution < -0.4 is 10.1 Å². The summed E-state index contributed by atoms with van der Waals surface area (Å²) in [4.78, 5) is 14.1. The number of ether oxygens (including phenoxy) is 1. The van der Waals surface area contributed by atoms with Crippen molar-refractivity contribution in [3.05, 3.63) is 66.5 Å². The van der Waals surface area contributed by atoms with Crippen LogP contribution in [0.1, 0.15) is 5.56 Å². The lowest BCUT2D eigenvalue weighted by Crippen LogP contribution is -2.30. The number of anilines is 1. The lowest BCUT2D eigenvalue weighted by Gasteiger charge is -2.19. The summed E-state index contributed by atoms with van der Waals surface area (Å²) in [5, 5.41) is 9.62. The van der Waals surface area contributed by atoms with Gasteiger partial charge in [0.25, 0.3) is 0 Å². The van der Waals surface area contributed by atoms with Crippen LogP contribution in [-0.4, -0.2) is 35.3 Å². The van der Waals surface area contributed by atoms with Crippen molar-refractivity contribution < 1.29 is 9.53 Å². The summed E-state index contributed by atoms with van der Waals surface area (Å²) >= 11 is 0. The molecule has 2 amide bonds. The molecule has 0 aliphatic carbocycles. The van der Waals surface area contributed by atoms with Gasteiger partial charge < -0.3 is 15.0 Å². The Morgan fingerprint density at radius 3 is 2.68 bits per heavy atom. The van der Waals surface area contributed by atoms with Crippen LogP contribution in [-0.2, 0) is 6.54 Å². The number of hydrogen-bond donors (Lipinski definition) is 2. The average Bonchev–Trinajstić information content (AvgIpc) is 3.17. The number of H-pyrrole nitrogens is 1. The van der Waals surface area contributed by atoms with Crippen LogP contribution in [0.3, 0.4) is 0 Å². The molecule has 0 bridgehead atoms. The lowest BCUT2D eigenvalue weighted by atomic mass is 10.1. The number of aromatic amines is 1. The average molecular weight is 336 g/mol. The fourth-order valence-corrected chi connectivity index (χ4v) is 2.52. The van der Waals surface area contributed by atoms with Gasteiger partial charge in [0.2, 0.25) is 0 Å². The van der Waals surface area contributed by atoms with E-state index in [1.165, 1.54) is 0 Å². The van der Waals surface area contributed by atoms with Gasteiger partial charge in [0.1, 0.15) is 5.75 Å². The zero-order valence-electron chi connectivity index (χ0n) is 14.2. The first kappa shape index (κ1) is 16.6. The Morgan fingerprint density at radius 2 is 2.00 bits per heavy atom. The molecule has 3 rings (SSSR count). The first-order valence-electron chi connectivity index (χ1n) is 7.90. The van der Waals surface area contributed by atoms with Crippen molar-refractivity contribution in [3.8, 4) is 16.9 Å². The zero-order chi connectivity index (χ0) is 17.6. The minimum Gasteiger partial charge on any atom is -0.495 e. The van der Waals surface area contributed by atoms with E-state index in [9.17, 15) is 4.79 Å². The molecule has 0 radical (unpaired) electrons. The Morgan fingerprint density at radius 1 is 1.20 bits per heavy atom. The fourth-order valence-electron chi connectivity index (χ4n) is 2.52. The highest BCUT2D eigenvalue weighted by Crippen LogP contribution is 2.30. The molecule has 25 heavy (non-hydrogen) atoms. The number of aromatic nitrogens is 2. The minimum absolute atomic E-state index is 0.196. The molecule has 6 heteroatoms. The van der Waals surface area contributed by atoms with E-state index in [0.717, 1.165) is 16.7 Å². The molecular weight excluding hydrogens is 316 g/mol. The van der Waals surface area contributed by atoms with E-state index >= 15 is 0 Å². The molecule has 3 aromatic rings. The Labute approximate surface area is 146 Å². The van der Waals surface area contributed by atoms with Crippen molar-refractivity contribution in [2.45, 2.75) is 6.54 Å². The summed E-state index contributed by atoms with van der Waals surface area (Å²) in [7, 11) is 3.34. The van der Waals surface area contributed by atoms with Crippen LogP contribution in [0.2, 0.25) is 0 Å². The lowest BCUT2D eigenvalue weighted by molar-refractivity contribution is 0.220. The third-order valence-electron chi connectivity index (χ3n) is 3.88. The highest BCUT2D eigenvalue weighted by molar-refractivity contribution is 5.91. The fraction of sp³-hybridized carbons (Fsp3) is 0.158. The van der Waals surface area contributed by atoms with E-state index < -0.39 is 0 Å². The summed E-state index contributed by atoms with van der Waals surface area (Å²) in [5.74, 6) is 0.597. The maximum absolute atomic E-state index is 12.4. The number of hydrogen-bond acceptors (Lipinski definition) is 3. The highest BCUT2D eigenvalue weighted by atomic mass is 16.5. The highest BCUT2D eigenvalue weighted by Gasteiger charge is 2.13. The van der Waals surface area contributed by atoms with E-state index in [1.54, 1.807) is 31.5 Å². The van der Waals surface area contributed by atoms with E-state index in [-0.39, 0.29) is 6.03 Å². The molecule has 128 valence electrons. The molecule has 0 aliphatic rings. The Bertz CT molecular complexity index is 832. The van der Waals surface area contributed by atoms with Crippen molar-refractivity contribution in [1.29, 1.82) is 0 Å². The van der Waals surface area contributed by atoms with Crippen molar-refractivity contribution in [3.63, 3.8) is 0 Å². The van der Waals surface area contributed by atoms with E-state index in [4.69, 9.17) is 4.74 Å². The Balaban J connectivity index is 1.72. The van der Waals surface area contributed by atoms with Crippen LogP contribution in [0.25, 0.3) is 11.1 Å². The first-order valence-corrected chi connectivity index (χ1v) is 7.90. The smallest absolute Gasteiger partial charge is 0.321 e. The van der Waals surface area contributed by atoms with Gasteiger partial charge in [-0.1, -0.05) is 36.4 Å². The molecular formula is C19H20N4O2. The summed E-state index contributed by atoms with van der Waals surface area (Å²) < 4.78 is 5.42. The number of rotatable bonds is 5. The van der Waals surface area contributed by atoms with Gasteiger partial charge in [-0.2, -0.15) is 5.10 Å². The van der Waals surface area contributed by atoms with Gasteiger partial charge in [0.15, 0.2) is 0 Å². The molecule has 0 spiro atoms. The zero-order valence-corrected chi connectivity index (χ0v) is 14.2. The maximum Gasteiger partial charge on any atom is 0.321 e. The van der Waals surface area contributed by atoms with Crippen LogP contribution in [0, 0.1) is 0 Å². The molecule has 6 nitrogen and oxygen atoms in total. The summed E-state index contributed by atoms with van der Waals surface area (Å²) in [6.07, 6.45) is 3.54. The van der Waals surface area contributed by atoms with Crippen LogP contribution >= 0.6 is 0 Å². The maximum atomic E-state index is 12.4. The van der Waals surface area contributed by atoms with Gasteiger partial charge in [-0.05, 0) is 23.3 Å². The molecule has 0 unspecified atom stereocenters. The van der Waals surface area contributed by atoms with Gasteiger partial charge >= 0.3 is 6.03 Å². The van der Waals surface area contributed by atoms with E-state index in [0.29, 0.717) is 18.0 Å². The SMILES string of the molecule is COc1cc(-c2cn[nH]c2)ccc1NC(=O)N(C)Cc1ccccc1. The van der Waals surface area contributed by atoms with Crippen molar-refractivity contribution in [2.24, 2.45) is 0 Å². The topological polar surface area (TPSA) is 70.2 Å². The monoisotopic (exact) mass is 336 g/mol. The molecule has 0 fully saturated rings. The normalized spacial score (nSPS) is 10.3. The molecule has 0 saturated carbocycles. The summed E-state index contributed by atoms with van der Waals surface area (Å²) in [5.41, 5.74) is 3.61. The van der Waals surface area contributed by atoms with Gasteiger partial charge in [0, 0.05) is 25.4 Å². The molecule has 2 aromatic carbocycles.